The maximum absolute atomic E-state index is 14.3. The fourth-order valence-corrected chi connectivity index (χ4v) is 4.86. The molecule has 0 spiro atoms. The number of nitrogens with one attached hydrogen (secondary N) is 2. The third-order valence-corrected chi connectivity index (χ3v) is 7.24. The molecule has 4 atom stereocenters. The van der Waals surface area contributed by atoms with Crippen molar-refractivity contribution in [3.63, 3.8) is 0 Å². The Morgan fingerprint density at radius 3 is 2.05 bits per heavy atom. The summed E-state index contributed by atoms with van der Waals surface area (Å²) in [5, 5.41) is 5.93. The smallest absolute Gasteiger partial charge is 0.408 e. The zero-order chi connectivity index (χ0) is 29.1. The van der Waals surface area contributed by atoms with Crippen LogP contribution in [-0.4, -0.2) is 40.5 Å². The lowest BCUT2D eigenvalue weighted by atomic mass is 9.97. The van der Waals surface area contributed by atoms with Gasteiger partial charge in [0.1, 0.15) is 17.7 Å². The molecule has 0 bridgehead atoms. The Morgan fingerprint density at radius 1 is 1.03 bits per heavy atom. The molecule has 2 aromatic carbocycles. The van der Waals surface area contributed by atoms with Crippen molar-refractivity contribution >= 4 is 23.6 Å². The number of benzene rings is 2. The highest BCUT2D eigenvalue weighted by Gasteiger charge is 2.48. The first-order valence-electron chi connectivity index (χ1n) is 14.0. The summed E-state index contributed by atoms with van der Waals surface area (Å²) in [6, 6.07) is 11.9. The van der Waals surface area contributed by atoms with Crippen LogP contribution < -0.4 is 10.6 Å². The zero-order valence-corrected chi connectivity index (χ0v) is 24.9. The normalized spacial score (nSPS) is 18.2. The molecule has 0 saturated heterocycles. The second-order valence-corrected chi connectivity index (χ2v) is 12.1. The summed E-state index contributed by atoms with van der Waals surface area (Å²) >= 11 is 0. The van der Waals surface area contributed by atoms with Crippen molar-refractivity contribution in [2.75, 3.05) is 5.32 Å². The van der Waals surface area contributed by atoms with Crippen LogP contribution in [0.25, 0.3) is 0 Å². The zero-order valence-electron chi connectivity index (χ0n) is 24.9. The number of nitrogens with zero attached hydrogens (tertiary/aromatic N) is 1. The standard InChI is InChI=1S/C32H45N3O4/c1-10-23-14-16-24(17-15-23)28(29(36)33-27-20(4)12-11-13-21(27)5)35(25-18-22(25)6)30(37)26(19(2)3)34-31(38)39-32(7,8)9/h11-17,19,22,25-26,28H,10,18H2,1-9H3,(H,33,36)(H,34,38). The number of rotatable bonds is 9. The highest BCUT2D eigenvalue weighted by atomic mass is 16.6. The van der Waals surface area contributed by atoms with Crippen molar-refractivity contribution in [3.8, 4) is 0 Å². The minimum atomic E-state index is -0.862. The van der Waals surface area contributed by atoms with Gasteiger partial charge in [-0.25, -0.2) is 4.79 Å². The molecule has 1 saturated carbocycles. The van der Waals surface area contributed by atoms with Gasteiger partial charge in [0.15, 0.2) is 0 Å². The largest absolute Gasteiger partial charge is 0.444 e. The Morgan fingerprint density at radius 2 is 1.59 bits per heavy atom. The summed E-state index contributed by atoms with van der Waals surface area (Å²) in [4.78, 5) is 42.9. The van der Waals surface area contributed by atoms with Crippen LogP contribution in [0.3, 0.4) is 0 Å². The molecule has 3 rings (SSSR count). The molecule has 3 amide bonds. The van der Waals surface area contributed by atoms with Crippen LogP contribution in [0.15, 0.2) is 42.5 Å². The third-order valence-electron chi connectivity index (χ3n) is 7.24. The molecular weight excluding hydrogens is 490 g/mol. The summed E-state index contributed by atoms with van der Waals surface area (Å²) in [5.74, 6) is -0.532. The Bertz CT molecular complexity index is 1160. The third kappa shape index (κ3) is 7.61. The molecule has 0 aromatic heterocycles. The van der Waals surface area contributed by atoms with E-state index in [1.165, 1.54) is 0 Å². The quantitative estimate of drug-likeness (QED) is 0.393. The van der Waals surface area contributed by atoms with Crippen molar-refractivity contribution in [1.82, 2.24) is 10.2 Å². The molecule has 2 aromatic rings. The van der Waals surface area contributed by atoms with Gasteiger partial charge in [-0.05, 0) is 81.5 Å². The molecule has 7 nitrogen and oxygen atoms in total. The van der Waals surface area contributed by atoms with Crippen LogP contribution >= 0.6 is 0 Å². The Kier molecular flexibility index (Phi) is 9.47. The van der Waals surface area contributed by atoms with Crippen molar-refractivity contribution in [2.24, 2.45) is 11.8 Å². The fourth-order valence-electron chi connectivity index (χ4n) is 4.86. The molecular formula is C32H45N3O4. The van der Waals surface area contributed by atoms with Crippen LogP contribution in [0.2, 0.25) is 0 Å². The second kappa shape index (κ2) is 12.2. The molecule has 1 aliphatic carbocycles. The lowest BCUT2D eigenvalue weighted by Gasteiger charge is -2.36. The van der Waals surface area contributed by atoms with E-state index in [0.29, 0.717) is 0 Å². The molecule has 4 unspecified atom stereocenters. The molecule has 1 fully saturated rings. The number of hydrogen-bond donors (Lipinski definition) is 2. The number of aryl methyl sites for hydroxylation is 3. The maximum atomic E-state index is 14.3. The number of anilines is 1. The van der Waals surface area contributed by atoms with Crippen LogP contribution in [0.4, 0.5) is 10.5 Å². The van der Waals surface area contributed by atoms with E-state index in [9.17, 15) is 14.4 Å². The molecule has 7 heteroatoms. The highest BCUT2D eigenvalue weighted by molar-refractivity contribution is 6.00. The monoisotopic (exact) mass is 535 g/mol. The molecule has 39 heavy (non-hydrogen) atoms. The van der Waals surface area contributed by atoms with Gasteiger partial charge in [0.2, 0.25) is 5.91 Å². The van der Waals surface area contributed by atoms with Crippen molar-refractivity contribution in [3.05, 3.63) is 64.7 Å². The van der Waals surface area contributed by atoms with E-state index < -0.39 is 23.8 Å². The SMILES string of the molecule is CCc1ccc(C(C(=O)Nc2c(C)cccc2C)N(C(=O)C(NC(=O)OC(C)(C)C)C(C)C)C2CC2C)cc1. The van der Waals surface area contributed by atoms with E-state index in [2.05, 4.69) is 24.5 Å². The average Bonchev–Trinajstić information content (AvgIpc) is 3.57. The van der Waals surface area contributed by atoms with Gasteiger partial charge in [-0.2, -0.15) is 0 Å². The van der Waals surface area contributed by atoms with E-state index in [0.717, 1.165) is 40.8 Å². The molecule has 0 heterocycles. The lowest BCUT2D eigenvalue weighted by Crippen LogP contribution is -2.55. The van der Waals surface area contributed by atoms with Crippen LogP contribution in [0, 0.1) is 25.7 Å². The van der Waals surface area contributed by atoms with Crippen molar-refractivity contribution in [2.45, 2.75) is 98.9 Å². The average molecular weight is 536 g/mol. The minimum absolute atomic E-state index is 0.112. The van der Waals surface area contributed by atoms with E-state index in [4.69, 9.17) is 4.74 Å². The Hall–Kier alpha value is -3.35. The first-order valence-corrected chi connectivity index (χ1v) is 14.0. The number of amides is 3. The van der Waals surface area contributed by atoms with E-state index in [-0.39, 0.29) is 29.7 Å². The minimum Gasteiger partial charge on any atom is -0.444 e. The summed E-state index contributed by atoms with van der Waals surface area (Å²) < 4.78 is 5.47. The summed E-state index contributed by atoms with van der Waals surface area (Å²) in [5.41, 5.74) is 3.84. The predicted molar refractivity (Wildman–Crippen MR) is 156 cm³/mol. The summed E-state index contributed by atoms with van der Waals surface area (Å²) in [6.07, 6.45) is 1.02. The van der Waals surface area contributed by atoms with E-state index >= 15 is 0 Å². The lowest BCUT2D eigenvalue weighted by molar-refractivity contribution is -0.142. The van der Waals surface area contributed by atoms with Gasteiger partial charge in [-0.3, -0.25) is 9.59 Å². The number of para-hydroxylation sites is 1. The van der Waals surface area contributed by atoms with Crippen LogP contribution in [0.1, 0.15) is 83.2 Å². The van der Waals surface area contributed by atoms with Gasteiger partial charge in [0.05, 0.1) is 0 Å². The molecule has 212 valence electrons. The van der Waals surface area contributed by atoms with Crippen LogP contribution in [0.5, 0.6) is 0 Å². The fraction of sp³-hybridized carbons (Fsp3) is 0.531. The van der Waals surface area contributed by atoms with E-state index in [1.807, 2.05) is 70.2 Å². The summed E-state index contributed by atoms with van der Waals surface area (Å²) in [7, 11) is 0. The Balaban J connectivity index is 2.05. The highest BCUT2D eigenvalue weighted by Crippen LogP contribution is 2.41. The Labute approximate surface area is 233 Å². The van der Waals surface area contributed by atoms with Gasteiger partial charge < -0.3 is 20.3 Å². The van der Waals surface area contributed by atoms with Gasteiger partial charge in [0, 0.05) is 11.7 Å². The van der Waals surface area contributed by atoms with Gasteiger partial charge >= 0.3 is 6.09 Å². The topological polar surface area (TPSA) is 87.7 Å². The number of alkyl carbamates (subject to hydrolysis) is 1. The molecule has 1 aliphatic rings. The van der Waals surface area contributed by atoms with Crippen LogP contribution in [-0.2, 0) is 20.7 Å². The van der Waals surface area contributed by atoms with E-state index in [1.54, 1.807) is 25.7 Å². The van der Waals surface area contributed by atoms with Crippen molar-refractivity contribution in [1.29, 1.82) is 0 Å². The van der Waals surface area contributed by atoms with Gasteiger partial charge in [0.25, 0.3) is 5.91 Å². The second-order valence-electron chi connectivity index (χ2n) is 12.1. The van der Waals surface area contributed by atoms with Gasteiger partial charge in [-0.1, -0.05) is 70.2 Å². The van der Waals surface area contributed by atoms with Gasteiger partial charge in [-0.15, -0.1) is 0 Å². The number of hydrogen-bond acceptors (Lipinski definition) is 4. The number of carbonyl (C=O) groups excluding carboxylic acids is 3. The first kappa shape index (κ1) is 30.2. The first-order chi connectivity index (χ1) is 18.2. The number of ether oxygens (including phenoxy) is 1. The molecule has 0 radical (unpaired) electrons. The van der Waals surface area contributed by atoms with Crippen molar-refractivity contribution < 1.29 is 19.1 Å². The maximum Gasteiger partial charge on any atom is 0.408 e. The predicted octanol–water partition coefficient (Wildman–Crippen LogP) is 6.33. The summed E-state index contributed by atoms with van der Waals surface area (Å²) in [6.45, 7) is 17.2. The molecule has 0 aliphatic heterocycles. The molecule has 2 N–H and O–H groups in total. The number of carbonyl (C=O) groups is 3.